The molecule has 0 aromatic heterocycles. The molecule has 0 bridgehead atoms. The van der Waals surface area contributed by atoms with E-state index in [2.05, 4.69) is 5.32 Å². The van der Waals surface area contributed by atoms with E-state index < -0.39 is 6.04 Å². The van der Waals surface area contributed by atoms with E-state index in [0.717, 1.165) is 27.8 Å². The van der Waals surface area contributed by atoms with E-state index in [1.807, 2.05) is 99.6 Å². The van der Waals surface area contributed by atoms with Gasteiger partial charge < -0.3 is 10.2 Å². The van der Waals surface area contributed by atoms with E-state index >= 15 is 0 Å². The first-order valence-electron chi connectivity index (χ1n) is 11.2. The van der Waals surface area contributed by atoms with Gasteiger partial charge in [0, 0.05) is 19.5 Å². The van der Waals surface area contributed by atoms with Gasteiger partial charge in [-0.25, -0.2) is 0 Å². The summed E-state index contributed by atoms with van der Waals surface area (Å²) in [6, 6.07) is 25.4. The molecule has 166 valence electrons. The van der Waals surface area contributed by atoms with Crippen molar-refractivity contribution in [1.29, 1.82) is 0 Å². The summed E-state index contributed by atoms with van der Waals surface area (Å²) < 4.78 is 0. The first-order chi connectivity index (χ1) is 15.5. The van der Waals surface area contributed by atoms with Gasteiger partial charge in [0.05, 0.1) is 6.42 Å². The Bertz CT molecular complexity index is 1030. The third-order valence-corrected chi connectivity index (χ3v) is 5.53. The Morgan fingerprint density at radius 2 is 1.50 bits per heavy atom. The zero-order chi connectivity index (χ0) is 22.9. The molecule has 0 aliphatic carbocycles. The number of likely N-dealkylation sites (N-methyl/N-ethyl adjacent to an activating group) is 1. The molecule has 0 fully saturated rings. The summed E-state index contributed by atoms with van der Waals surface area (Å²) in [5, 5.41) is 2.94. The maximum absolute atomic E-state index is 13.6. The van der Waals surface area contributed by atoms with E-state index in [-0.39, 0.29) is 18.2 Å². The molecule has 0 saturated heterocycles. The first-order valence-corrected chi connectivity index (χ1v) is 11.2. The van der Waals surface area contributed by atoms with Crippen molar-refractivity contribution >= 4 is 11.8 Å². The minimum atomic E-state index is -0.587. The topological polar surface area (TPSA) is 49.4 Å². The van der Waals surface area contributed by atoms with Crippen LogP contribution in [0.15, 0.2) is 78.9 Å². The molecular formula is C28H32N2O2. The Hall–Kier alpha value is -3.40. The van der Waals surface area contributed by atoms with Gasteiger partial charge in [0.2, 0.25) is 11.8 Å². The van der Waals surface area contributed by atoms with Crippen LogP contribution in [0, 0.1) is 13.8 Å². The van der Waals surface area contributed by atoms with Crippen molar-refractivity contribution in [2.24, 2.45) is 0 Å². The fourth-order valence-corrected chi connectivity index (χ4v) is 3.83. The van der Waals surface area contributed by atoms with E-state index in [9.17, 15) is 9.59 Å². The number of carbonyl (C=O) groups is 2. The van der Waals surface area contributed by atoms with E-state index in [1.165, 1.54) is 0 Å². The second-order valence-corrected chi connectivity index (χ2v) is 8.27. The first kappa shape index (κ1) is 23.3. The van der Waals surface area contributed by atoms with Crippen molar-refractivity contribution in [2.75, 3.05) is 6.54 Å². The van der Waals surface area contributed by atoms with Gasteiger partial charge in [-0.3, -0.25) is 9.59 Å². The number of amides is 2. The quantitative estimate of drug-likeness (QED) is 0.541. The Balaban J connectivity index is 1.94. The summed E-state index contributed by atoms with van der Waals surface area (Å²) in [5.41, 5.74) is 5.27. The molecule has 0 saturated carbocycles. The largest absolute Gasteiger partial charge is 0.355 e. The monoisotopic (exact) mass is 428 g/mol. The highest BCUT2D eigenvalue weighted by atomic mass is 16.2. The van der Waals surface area contributed by atoms with E-state index in [0.29, 0.717) is 19.5 Å². The molecule has 0 aliphatic heterocycles. The summed E-state index contributed by atoms with van der Waals surface area (Å²) in [5.74, 6) is -0.176. The Morgan fingerprint density at radius 1 is 0.812 bits per heavy atom. The average Bonchev–Trinajstić information content (AvgIpc) is 2.78. The Labute approximate surface area is 191 Å². The van der Waals surface area contributed by atoms with Gasteiger partial charge in [-0.1, -0.05) is 90.0 Å². The van der Waals surface area contributed by atoms with Crippen molar-refractivity contribution in [2.45, 2.75) is 46.2 Å². The van der Waals surface area contributed by atoms with Crippen LogP contribution in [0.25, 0.3) is 0 Å². The van der Waals surface area contributed by atoms with Crippen molar-refractivity contribution in [1.82, 2.24) is 10.2 Å². The molecule has 1 unspecified atom stereocenters. The van der Waals surface area contributed by atoms with Crippen LogP contribution < -0.4 is 5.32 Å². The van der Waals surface area contributed by atoms with E-state index in [1.54, 1.807) is 4.90 Å². The van der Waals surface area contributed by atoms with Crippen molar-refractivity contribution in [3.8, 4) is 0 Å². The minimum absolute atomic E-state index is 0.0524. The zero-order valence-electron chi connectivity index (χ0n) is 19.2. The average molecular weight is 429 g/mol. The molecule has 0 heterocycles. The summed E-state index contributed by atoms with van der Waals surface area (Å²) in [6.07, 6.45) is 0.732. The smallest absolute Gasteiger partial charge is 0.243 e. The number of carbonyl (C=O) groups excluding carboxylic acids is 2. The van der Waals surface area contributed by atoms with Gasteiger partial charge in [-0.2, -0.15) is 0 Å². The summed E-state index contributed by atoms with van der Waals surface area (Å²) in [4.78, 5) is 28.5. The number of rotatable bonds is 9. The lowest BCUT2D eigenvalue weighted by molar-refractivity contribution is -0.140. The van der Waals surface area contributed by atoms with Crippen molar-refractivity contribution in [3.63, 3.8) is 0 Å². The standard InChI is InChI=1S/C28H32N2O2/c1-4-29-28(32)26(18-23-10-6-5-7-11-23)30(20-24-15-13-21(2)14-16-24)27(31)19-25-12-8-9-22(3)17-25/h5-17,26H,4,18-20H2,1-3H3,(H,29,32). The summed E-state index contributed by atoms with van der Waals surface area (Å²) in [7, 11) is 0. The second-order valence-electron chi connectivity index (χ2n) is 8.27. The van der Waals surface area contributed by atoms with Gasteiger partial charge in [0.25, 0.3) is 0 Å². The lowest BCUT2D eigenvalue weighted by Crippen LogP contribution is -2.50. The number of nitrogens with one attached hydrogen (secondary N) is 1. The van der Waals surface area contributed by atoms with Crippen molar-refractivity contribution in [3.05, 3.63) is 107 Å². The maximum Gasteiger partial charge on any atom is 0.243 e. The maximum atomic E-state index is 13.6. The molecule has 2 amide bonds. The lowest BCUT2D eigenvalue weighted by Gasteiger charge is -2.31. The van der Waals surface area contributed by atoms with Crippen LogP contribution in [0.2, 0.25) is 0 Å². The van der Waals surface area contributed by atoms with Gasteiger partial charge in [0.1, 0.15) is 6.04 Å². The van der Waals surface area contributed by atoms with Crippen LogP contribution in [-0.2, 0) is 29.0 Å². The summed E-state index contributed by atoms with van der Waals surface area (Å²) in [6.45, 7) is 6.87. The van der Waals surface area contributed by atoms with Crippen molar-refractivity contribution < 1.29 is 9.59 Å². The Kier molecular flexibility index (Phi) is 8.20. The molecule has 3 aromatic rings. The van der Waals surface area contributed by atoms with Gasteiger partial charge in [-0.05, 0) is 37.5 Å². The third-order valence-electron chi connectivity index (χ3n) is 5.53. The van der Waals surface area contributed by atoms with Gasteiger partial charge in [-0.15, -0.1) is 0 Å². The molecular weight excluding hydrogens is 396 g/mol. The van der Waals surface area contributed by atoms with Crippen LogP contribution in [0.5, 0.6) is 0 Å². The third kappa shape index (κ3) is 6.55. The molecule has 3 rings (SSSR count). The Morgan fingerprint density at radius 3 is 2.16 bits per heavy atom. The normalized spacial score (nSPS) is 11.6. The lowest BCUT2D eigenvalue weighted by atomic mass is 10.0. The molecule has 4 heteroatoms. The predicted octanol–water partition coefficient (Wildman–Crippen LogP) is 4.62. The molecule has 32 heavy (non-hydrogen) atoms. The highest BCUT2D eigenvalue weighted by molar-refractivity contribution is 5.88. The second kappa shape index (κ2) is 11.3. The predicted molar refractivity (Wildman–Crippen MR) is 129 cm³/mol. The number of aryl methyl sites for hydroxylation is 2. The van der Waals surface area contributed by atoms with Crippen LogP contribution >= 0.6 is 0 Å². The molecule has 0 radical (unpaired) electrons. The van der Waals surface area contributed by atoms with Crippen LogP contribution in [0.1, 0.15) is 34.7 Å². The molecule has 0 spiro atoms. The molecule has 4 nitrogen and oxygen atoms in total. The fourth-order valence-electron chi connectivity index (χ4n) is 3.83. The number of hydrogen-bond donors (Lipinski definition) is 1. The molecule has 1 N–H and O–H groups in total. The highest BCUT2D eigenvalue weighted by Gasteiger charge is 2.30. The summed E-state index contributed by atoms with van der Waals surface area (Å²) >= 11 is 0. The SMILES string of the molecule is CCNC(=O)C(Cc1ccccc1)N(Cc1ccc(C)cc1)C(=O)Cc1cccc(C)c1. The minimum Gasteiger partial charge on any atom is -0.355 e. The fraction of sp³-hybridized carbons (Fsp3) is 0.286. The molecule has 1 atom stereocenters. The number of hydrogen-bond acceptors (Lipinski definition) is 2. The van der Waals surface area contributed by atoms with Crippen LogP contribution in [-0.4, -0.2) is 29.3 Å². The number of benzene rings is 3. The van der Waals surface area contributed by atoms with Crippen LogP contribution in [0.4, 0.5) is 0 Å². The van der Waals surface area contributed by atoms with Gasteiger partial charge in [0.15, 0.2) is 0 Å². The van der Waals surface area contributed by atoms with Crippen LogP contribution in [0.3, 0.4) is 0 Å². The van der Waals surface area contributed by atoms with E-state index in [4.69, 9.17) is 0 Å². The molecule has 0 aliphatic rings. The highest BCUT2D eigenvalue weighted by Crippen LogP contribution is 2.17. The zero-order valence-corrected chi connectivity index (χ0v) is 19.2. The van der Waals surface area contributed by atoms with Gasteiger partial charge >= 0.3 is 0 Å². The molecule has 3 aromatic carbocycles. The number of nitrogens with zero attached hydrogens (tertiary/aromatic N) is 1.